The number of nitriles is 1. The fourth-order valence-corrected chi connectivity index (χ4v) is 1.59. The highest BCUT2D eigenvalue weighted by atomic mass is 14.7. The van der Waals surface area contributed by atoms with Gasteiger partial charge in [0.05, 0.1) is 11.6 Å². The van der Waals surface area contributed by atoms with Crippen molar-refractivity contribution in [2.75, 3.05) is 0 Å². The Kier molecular flexibility index (Phi) is 6.94. The molecule has 104 valence electrons. The summed E-state index contributed by atoms with van der Waals surface area (Å²) in [7, 11) is 0. The highest BCUT2D eigenvalue weighted by Gasteiger charge is 1.92. The van der Waals surface area contributed by atoms with Crippen LogP contribution in [-0.4, -0.2) is 9.97 Å². The molecule has 2 aromatic rings. The lowest BCUT2D eigenvalue weighted by atomic mass is 10.2. The van der Waals surface area contributed by atoms with E-state index in [1.165, 1.54) is 0 Å². The van der Waals surface area contributed by atoms with Crippen molar-refractivity contribution in [1.29, 1.82) is 5.26 Å². The molecular weight excluding hydrogens is 248 g/mol. The molecule has 2 heterocycles. The maximum absolute atomic E-state index is 8.48. The molecule has 2 aromatic heterocycles. The molecule has 0 aromatic carbocycles. The molecule has 0 amide bonds. The number of nitrogens with two attached hydrogens (primary N) is 1. The SMILES string of the molecule is CCc1cc(C#N)ccn1.CCc1cc(CN)ccn1. The van der Waals surface area contributed by atoms with Gasteiger partial charge in [-0.3, -0.25) is 9.97 Å². The van der Waals surface area contributed by atoms with Crippen molar-refractivity contribution < 1.29 is 0 Å². The van der Waals surface area contributed by atoms with E-state index >= 15 is 0 Å². The van der Waals surface area contributed by atoms with Crippen LogP contribution in [0.4, 0.5) is 0 Å². The summed E-state index contributed by atoms with van der Waals surface area (Å²) in [6.07, 6.45) is 5.34. The van der Waals surface area contributed by atoms with Crippen molar-refractivity contribution in [2.45, 2.75) is 33.2 Å². The van der Waals surface area contributed by atoms with E-state index in [4.69, 9.17) is 11.0 Å². The van der Waals surface area contributed by atoms with Gasteiger partial charge in [-0.2, -0.15) is 5.26 Å². The van der Waals surface area contributed by atoms with Crippen LogP contribution in [0.25, 0.3) is 0 Å². The number of aromatic nitrogens is 2. The van der Waals surface area contributed by atoms with E-state index in [0.29, 0.717) is 12.1 Å². The number of rotatable bonds is 3. The molecule has 4 nitrogen and oxygen atoms in total. The molecule has 4 heteroatoms. The van der Waals surface area contributed by atoms with E-state index < -0.39 is 0 Å². The summed E-state index contributed by atoms with van der Waals surface area (Å²) in [5, 5.41) is 8.48. The first-order chi connectivity index (χ1) is 9.73. The number of hydrogen-bond acceptors (Lipinski definition) is 4. The summed E-state index contributed by atoms with van der Waals surface area (Å²) in [5.74, 6) is 0. The molecule has 0 spiro atoms. The molecular formula is C16H20N4. The lowest BCUT2D eigenvalue weighted by Crippen LogP contribution is -1.97. The first-order valence-electron chi connectivity index (χ1n) is 6.72. The van der Waals surface area contributed by atoms with Crippen LogP contribution in [0.1, 0.15) is 36.4 Å². The van der Waals surface area contributed by atoms with Crippen LogP contribution in [0.15, 0.2) is 36.7 Å². The summed E-state index contributed by atoms with van der Waals surface area (Å²) in [6.45, 7) is 4.71. The second-order valence-electron chi connectivity index (χ2n) is 4.21. The summed E-state index contributed by atoms with van der Waals surface area (Å²) in [4.78, 5) is 8.20. The van der Waals surface area contributed by atoms with Gasteiger partial charge in [0.15, 0.2) is 0 Å². The molecule has 0 aliphatic heterocycles. The Labute approximate surface area is 120 Å². The second kappa shape index (κ2) is 8.78. The van der Waals surface area contributed by atoms with Gasteiger partial charge in [0.1, 0.15) is 0 Å². The standard InChI is InChI=1S/C8H12N2.C8H8N2/c2*1-2-8-5-7(6-9)3-4-10-8/h3-5H,2,6,9H2,1H3;3-5H,2H2,1H3. The minimum Gasteiger partial charge on any atom is -0.326 e. The molecule has 2 rings (SSSR count). The van der Waals surface area contributed by atoms with Crippen molar-refractivity contribution >= 4 is 0 Å². The van der Waals surface area contributed by atoms with Gasteiger partial charge in [-0.1, -0.05) is 13.8 Å². The fraction of sp³-hybridized carbons (Fsp3) is 0.312. The Bertz CT molecular complexity index is 553. The topological polar surface area (TPSA) is 75.6 Å². The number of hydrogen-bond donors (Lipinski definition) is 1. The van der Waals surface area contributed by atoms with Crippen molar-refractivity contribution in [1.82, 2.24) is 9.97 Å². The van der Waals surface area contributed by atoms with Crippen molar-refractivity contribution in [2.24, 2.45) is 5.73 Å². The Morgan fingerprint density at radius 2 is 1.65 bits per heavy atom. The van der Waals surface area contributed by atoms with Gasteiger partial charge >= 0.3 is 0 Å². The Morgan fingerprint density at radius 3 is 2.20 bits per heavy atom. The first-order valence-corrected chi connectivity index (χ1v) is 6.72. The largest absolute Gasteiger partial charge is 0.326 e. The predicted molar refractivity (Wildman–Crippen MR) is 79.8 cm³/mol. The zero-order chi connectivity index (χ0) is 14.8. The molecule has 0 aliphatic rings. The average molecular weight is 268 g/mol. The average Bonchev–Trinajstić information content (AvgIpc) is 2.55. The third-order valence-corrected chi connectivity index (χ3v) is 2.79. The van der Waals surface area contributed by atoms with Crippen LogP contribution in [0, 0.1) is 11.3 Å². The maximum atomic E-state index is 8.48. The third-order valence-electron chi connectivity index (χ3n) is 2.79. The van der Waals surface area contributed by atoms with Crippen LogP contribution in [0.3, 0.4) is 0 Å². The lowest BCUT2D eigenvalue weighted by Gasteiger charge is -1.97. The normalized spacial score (nSPS) is 9.30. The van der Waals surface area contributed by atoms with Crippen LogP contribution in [0.2, 0.25) is 0 Å². The van der Waals surface area contributed by atoms with Crippen LogP contribution < -0.4 is 5.73 Å². The second-order valence-corrected chi connectivity index (χ2v) is 4.21. The monoisotopic (exact) mass is 268 g/mol. The Morgan fingerprint density at radius 1 is 1.05 bits per heavy atom. The Hall–Kier alpha value is -2.25. The molecule has 2 N–H and O–H groups in total. The summed E-state index contributed by atoms with van der Waals surface area (Å²) >= 11 is 0. The van der Waals surface area contributed by atoms with E-state index in [2.05, 4.69) is 23.0 Å². The minimum atomic E-state index is 0.607. The van der Waals surface area contributed by atoms with Crippen molar-refractivity contribution in [3.63, 3.8) is 0 Å². The third kappa shape index (κ3) is 5.17. The molecule has 0 radical (unpaired) electrons. The lowest BCUT2D eigenvalue weighted by molar-refractivity contribution is 0.990. The predicted octanol–water partition coefficient (Wildman–Crippen LogP) is 2.62. The van der Waals surface area contributed by atoms with E-state index in [1.54, 1.807) is 24.5 Å². The van der Waals surface area contributed by atoms with E-state index in [-0.39, 0.29) is 0 Å². The van der Waals surface area contributed by atoms with Gasteiger partial charge in [-0.15, -0.1) is 0 Å². The molecule has 0 aliphatic carbocycles. The summed E-state index contributed by atoms with van der Waals surface area (Å²) < 4.78 is 0. The molecule has 0 bridgehead atoms. The van der Waals surface area contributed by atoms with Gasteiger partial charge < -0.3 is 5.73 Å². The van der Waals surface area contributed by atoms with Gasteiger partial charge in [-0.05, 0) is 42.7 Å². The maximum Gasteiger partial charge on any atom is 0.0992 e. The summed E-state index contributed by atoms with van der Waals surface area (Å²) in [5.41, 5.74) is 9.38. The first kappa shape index (κ1) is 15.8. The van der Waals surface area contributed by atoms with E-state index in [1.807, 2.05) is 19.1 Å². The van der Waals surface area contributed by atoms with E-state index in [9.17, 15) is 0 Å². The number of pyridine rings is 2. The van der Waals surface area contributed by atoms with Crippen LogP contribution in [-0.2, 0) is 19.4 Å². The quantitative estimate of drug-likeness (QED) is 0.928. The smallest absolute Gasteiger partial charge is 0.0992 e. The molecule has 20 heavy (non-hydrogen) atoms. The van der Waals surface area contributed by atoms with Gasteiger partial charge in [0, 0.05) is 30.3 Å². The number of nitrogens with zero attached hydrogens (tertiary/aromatic N) is 3. The molecule has 0 unspecified atom stereocenters. The van der Waals surface area contributed by atoms with Crippen molar-refractivity contribution in [3.05, 3.63) is 59.2 Å². The van der Waals surface area contributed by atoms with Gasteiger partial charge in [-0.25, -0.2) is 0 Å². The fourth-order valence-electron chi connectivity index (χ4n) is 1.59. The molecule has 0 saturated carbocycles. The molecule has 0 fully saturated rings. The van der Waals surface area contributed by atoms with E-state index in [0.717, 1.165) is 29.8 Å². The van der Waals surface area contributed by atoms with Gasteiger partial charge in [0.25, 0.3) is 0 Å². The number of aryl methyl sites for hydroxylation is 2. The van der Waals surface area contributed by atoms with Crippen LogP contribution in [0.5, 0.6) is 0 Å². The summed E-state index contributed by atoms with van der Waals surface area (Å²) in [6, 6.07) is 9.56. The van der Waals surface area contributed by atoms with Crippen molar-refractivity contribution in [3.8, 4) is 6.07 Å². The highest BCUT2D eigenvalue weighted by molar-refractivity contribution is 5.28. The minimum absolute atomic E-state index is 0.607. The highest BCUT2D eigenvalue weighted by Crippen LogP contribution is 2.00. The van der Waals surface area contributed by atoms with Crippen LogP contribution >= 0.6 is 0 Å². The van der Waals surface area contributed by atoms with Gasteiger partial charge in [0.2, 0.25) is 0 Å². The zero-order valence-corrected chi connectivity index (χ0v) is 12.0. The zero-order valence-electron chi connectivity index (χ0n) is 12.0. The Balaban J connectivity index is 0.000000200. The molecule has 0 saturated heterocycles. The molecule has 0 atom stereocenters.